The molecule has 0 aliphatic heterocycles. The van der Waals surface area contributed by atoms with E-state index in [-0.39, 0.29) is 0 Å². The molecule has 0 unspecified atom stereocenters. The highest BCUT2D eigenvalue weighted by Gasteiger charge is 2.13. The van der Waals surface area contributed by atoms with E-state index in [4.69, 9.17) is 9.26 Å². The normalized spacial score (nSPS) is 11.1. The van der Waals surface area contributed by atoms with Crippen molar-refractivity contribution >= 4 is 11.0 Å². The second-order valence-corrected chi connectivity index (χ2v) is 6.30. The topological polar surface area (TPSA) is 103 Å². The predicted molar refractivity (Wildman–Crippen MR) is 104 cm³/mol. The maximum atomic E-state index is 12.1. The molecule has 28 heavy (non-hydrogen) atoms. The Balaban J connectivity index is 1.78. The molecule has 8 nitrogen and oxygen atoms in total. The Morgan fingerprint density at radius 1 is 1.14 bits per heavy atom. The summed E-state index contributed by atoms with van der Waals surface area (Å²) in [6.07, 6.45) is 0.745. The maximum absolute atomic E-state index is 12.1. The fraction of sp³-hybridized carbons (Fsp3) is 0.200. The average Bonchev–Trinajstić information content (AvgIpc) is 3.21. The van der Waals surface area contributed by atoms with Gasteiger partial charge < -0.3 is 18.8 Å². The van der Waals surface area contributed by atoms with Crippen molar-refractivity contribution in [2.45, 2.75) is 19.9 Å². The summed E-state index contributed by atoms with van der Waals surface area (Å²) in [5.74, 6) is 1.43. The molecule has 8 heteroatoms. The molecule has 142 valence electrons. The molecule has 0 spiro atoms. The molecule has 0 atom stereocenters. The molecule has 0 saturated heterocycles. The summed E-state index contributed by atoms with van der Waals surface area (Å²) in [6, 6.07) is 12.6. The number of fused-ring (bicyclic) bond motifs is 1. The Morgan fingerprint density at radius 2 is 2.00 bits per heavy atom. The first-order chi connectivity index (χ1) is 13.6. The van der Waals surface area contributed by atoms with Gasteiger partial charge in [0, 0.05) is 17.7 Å². The highest BCUT2D eigenvalue weighted by atomic mass is 16.5. The lowest BCUT2D eigenvalue weighted by molar-refractivity contribution is 0.413. The number of benzene rings is 2. The predicted octanol–water partition coefficient (Wildman–Crippen LogP) is 2.83. The Labute approximate surface area is 159 Å². The molecule has 1 N–H and O–H groups in total. The number of nitrogens with zero attached hydrogens (tertiary/aromatic N) is 3. The van der Waals surface area contributed by atoms with E-state index in [1.807, 2.05) is 25.1 Å². The van der Waals surface area contributed by atoms with Gasteiger partial charge in [0.2, 0.25) is 5.82 Å². The third-order valence-electron chi connectivity index (χ3n) is 4.42. The monoisotopic (exact) mass is 378 g/mol. The second-order valence-electron chi connectivity index (χ2n) is 6.30. The Morgan fingerprint density at radius 3 is 2.79 bits per heavy atom. The fourth-order valence-electron chi connectivity index (χ4n) is 3.08. The van der Waals surface area contributed by atoms with E-state index in [0.29, 0.717) is 40.6 Å². The molecule has 0 aliphatic rings. The van der Waals surface area contributed by atoms with Gasteiger partial charge in [-0.25, -0.2) is 0 Å². The fourth-order valence-corrected chi connectivity index (χ4v) is 3.08. The summed E-state index contributed by atoms with van der Waals surface area (Å²) in [6.45, 7) is 2.42. The molecule has 0 saturated carbocycles. The van der Waals surface area contributed by atoms with Crippen LogP contribution in [-0.2, 0) is 6.54 Å². The van der Waals surface area contributed by atoms with Crippen molar-refractivity contribution in [1.29, 1.82) is 0 Å². The van der Waals surface area contributed by atoms with Gasteiger partial charge in [-0.15, -0.1) is 0 Å². The number of hydrogen-bond donors (Lipinski definition) is 1. The summed E-state index contributed by atoms with van der Waals surface area (Å²) in [4.78, 5) is 31.2. The van der Waals surface area contributed by atoms with Crippen LogP contribution in [0.1, 0.15) is 13.3 Å². The number of hydrogen-bond acceptors (Lipinski definition) is 6. The van der Waals surface area contributed by atoms with Crippen LogP contribution in [0.25, 0.3) is 33.9 Å². The Kier molecular flexibility index (Phi) is 4.52. The van der Waals surface area contributed by atoms with Gasteiger partial charge in [0.05, 0.1) is 18.1 Å². The number of aryl methyl sites for hydroxylation is 1. The van der Waals surface area contributed by atoms with Crippen LogP contribution in [0, 0.1) is 0 Å². The van der Waals surface area contributed by atoms with Gasteiger partial charge >= 0.3 is 11.1 Å². The van der Waals surface area contributed by atoms with Gasteiger partial charge in [-0.2, -0.15) is 4.98 Å². The Hall–Kier alpha value is -3.68. The number of H-pyrrole nitrogens is 1. The first kappa shape index (κ1) is 17.7. The summed E-state index contributed by atoms with van der Waals surface area (Å²) < 4.78 is 12.1. The average molecular weight is 378 g/mol. The van der Waals surface area contributed by atoms with Crippen LogP contribution >= 0.6 is 0 Å². The van der Waals surface area contributed by atoms with Crippen LogP contribution in [0.15, 0.2) is 56.6 Å². The molecule has 2 aromatic heterocycles. The molecule has 0 bridgehead atoms. The van der Waals surface area contributed by atoms with E-state index in [1.165, 1.54) is 4.57 Å². The summed E-state index contributed by atoms with van der Waals surface area (Å²) in [5, 5.41) is 4.04. The van der Waals surface area contributed by atoms with Gasteiger partial charge in [0.1, 0.15) is 5.75 Å². The maximum Gasteiger partial charge on any atom is 0.316 e. The smallest absolute Gasteiger partial charge is 0.316 e. The van der Waals surface area contributed by atoms with E-state index >= 15 is 0 Å². The van der Waals surface area contributed by atoms with E-state index < -0.39 is 11.1 Å². The highest BCUT2D eigenvalue weighted by Crippen LogP contribution is 2.26. The summed E-state index contributed by atoms with van der Waals surface area (Å²) in [5.41, 5.74) is 1.41. The van der Waals surface area contributed by atoms with E-state index in [1.54, 1.807) is 31.4 Å². The number of ether oxygens (including phenoxy) is 1. The Bertz CT molecular complexity index is 1270. The summed E-state index contributed by atoms with van der Waals surface area (Å²) >= 11 is 0. The molecule has 0 fully saturated rings. The molecule has 4 rings (SSSR count). The van der Waals surface area contributed by atoms with Crippen LogP contribution in [0.3, 0.4) is 0 Å². The van der Waals surface area contributed by atoms with Crippen molar-refractivity contribution in [3.8, 4) is 28.6 Å². The zero-order valence-electron chi connectivity index (χ0n) is 15.4. The lowest BCUT2D eigenvalue weighted by atomic mass is 10.1. The quantitative estimate of drug-likeness (QED) is 0.536. The molecular formula is C20H18N4O4. The van der Waals surface area contributed by atoms with Crippen molar-refractivity contribution in [2.75, 3.05) is 7.11 Å². The first-order valence-corrected chi connectivity index (χ1v) is 8.86. The van der Waals surface area contributed by atoms with Crippen molar-refractivity contribution < 1.29 is 9.26 Å². The minimum absolute atomic E-state index is 0.360. The largest absolute Gasteiger partial charge is 0.497 e. The van der Waals surface area contributed by atoms with Gasteiger partial charge in [0.15, 0.2) is 0 Å². The molecule has 4 aromatic rings. The van der Waals surface area contributed by atoms with Gasteiger partial charge in [-0.05, 0) is 42.8 Å². The highest BCUT2D eigenvalue weighted by molar-refractivity contribution is 5.80. The number of rotatable bonds is 5. The third kappa shape index (κ3) is 3.09. The molecule has 2 aromatic carbocycles. The van der Waals surface area contributed by atoms with Crippen LogP contribution in [0.5, 0.6) is 5.75 Å². The van der Waals surface area contributed by atoms with Crippen LogP contribution in [0.2, 0.25) is 0 Å². The van der Waals surface area contributed by atoms with Gasteiger partial charge in [-0.1, -0.05) is 18.1 Å². The lowest BCUT2D eigenvalue weighted by Crippen LogP contribution is -2.36. The second kappa shape index (κ2) is 7.15. The molecular weight excluding hydrogens is 360 g/mol. The number of aromatic amines is 1. The van der Waals surface area contributed by atoms with Crippen molar-refractivity contribution in [3.05, 3.63) is 63.2 Å². The third-order valence-corrected chi connectivity index (χ3v) is 4.42. The summed E-state index contributed by atoms with van der Waals surface area (Å²) in [7, 11) is 1.59. The molecule has 2 heterocycles. The van der Waals surface area contributed by atoms with Crippen LogP contribution in [-0.4, -0.2) is 26.8 Å². The number of aromatic nitrogens is 4. The van der Waals surface area contributed by atoms with E-state index in [0.717, 1.165) is 12.0 Å². The van der Waals surface area contributed by atoms with Gasteiger partial charge in [0.25, 0.3) is 5.89 Å². The van der Waals surface area contributed by atoms with Crippen molar-refractivity contribution in [2.24, 2.45) is 0 Å². The minimum Gasteiger partial charge on any atom is -0.497 e. The standard InChI is InChI=1S/C20H18N4O4/c1-3-9-24-16-8-7-12(11-15(16)21-18(25)20(24)26)17-22-19(28-23-17)13-5-4-6-14(10-13)27-2/h4-8,10-11H,3,9H2,1-2H3,(H,21,25). The first-order valence-electron chi connectivity index (χ1n) is 8.86. The van der Waals surface area contributed by atoms with Gasteiger partial charge in [-0.3, -0.25) is 9.59 Å². The zero-order valence-corrected chi connectivity index (χ0v) is 15.4. The van der Waals surface area contributed by atoms with Crippen molar-refractivity contribution in [1.82, 2.24) is 19.7 Å². The number of methoxy groups -OCH3 is 1. The minimum atomic E-state index is -0.650. The molecule has 0 radical (unpaired) electrons. The van der Waals surface area contributed by atoms with Crippen LogP contribution in [0.4, 0.5) is 0 Å². The van der Waals surface area contributed by atoms with E-state index in [9.17, 15) is 9.59 Å². The number of nitrogens with one attached hydrogen (secondary N) is 1. The van der Waals surface area contributed by atoms with Crippen LogP contribution < -0.4 is 15.9 Å². The molecule has 0 aliphatic carbocycles. The molecule has 0 amide bonds. The van der Waals surface area contributed by atoms with Crippen molar-refractivity contribution in [3.63, 3.8) is 0 Å². The lowest BCUT2D eigenvalue weighted by Gasteiger charge is -2.08. The van der Waals surface area contributed by atoms with E-state index in [2.05, 4.69) is 15.1 Å². The SMILES string of the molecule is CCCn1c(=O)c(=O)[nH]c2cc(-c3noc(-c4cccc(OC)c4)n3)ccc21. The zero-order chi connectivity index (χ0) is 19.7.